The molecule has 1 aromatic carbocycles. The molecule has 1 heterocycles. The van der Waals surface area contributed by atoms with Crippen LogP contribution < -0.4 is 10.9 Å². The highest BCUT2D eigenvalue weighted by atomic mass is 79.9. The molecule has 2 aromatic rings. The number of rotatable bonds is 4. The maximum absolute atomic E-state index is 11.4. The van der Waals surface area contributed by atoms with E-state index >= 15 is 0 Å². The summed E-state index contributed by atoms with van der Waals surface area (Å²) < 4.78 is 2.65. The van der Waals surface area contributed by atoms with Crippen LogP contribution in [0, 0.1) is 0 Å². The molecule has 2 rings (SSSR count). The van der Waals surface area contributed by atoms with Crippen LogP contribution in [0.5, 0.6) is 0 Å². The molecule has 0 aliphatic carbocycles. The van der Waals surface area contributed by atoms with Crippen molar-refractivity contribution in [3.8, 4) is 0 Å². The third kappa shape index (κ3) is 3.47. The number of nitrogens with zero attached hydrogens (tertiary/aromatic N) is 1. The van der Waals surface area contributed by atoms with Crippen molar-refractivity contribution in [1.29, 1.82) is 0 Å². The fraction of sp³-hybridized carbons (Fsp3) is 0.267. The Labute approximate surface area is 121 Å². The number of anilines is 1. The lowest BCUT2D eigenvalue weighted by molar-refractivity contribution is 0.744. The van der Waals surface area contributed by atoms with Gasteiger partial charge in [0.05, 0.1) is 11.7 Å². The Morgan fingerprint density at radius 1 is 1.32 bits per heavy atom. The average Bonchev–Trinajstić information content (AvgIpc) is 2.40. The number of hydrogen-bond donors (Lipinski definition) is 1. The summed E-state index contributed by atoms with van der Waals surface area (Å²) in [6, 6.07) is 11.9. The van der Waals surface area contributed by atoms with Crippen molar-refractivity contribution in [2.45, 2.75) is 19.4 Å². The summed E-state index contributed by atoms with van der Waals surface area (Å²) in [5.41, 5.74) is 2.18. The molecule has 0 spiro atoms. The maximum atomic E-state index is 11.4. The zero-order valence-electron chi connectivity index (χ0n) is 11.1. The lowest BCUT2D eigenvalue weighted by Gasteiger charge is -2.19. The Bertz CT molecular complexity index is 622. The van der Waals surface area contributed by atoms with E-state index in [1.165, 1.54) is 5.56 Å². The van der Waals surface area contributed by atoms with Crippen LogP contribution in [0.3, 0.4) is 0 Å². The van der Waals surface area contributed by atoms with Crippen molar-refractivity contribution in [3.05, 3.63) is 63.0 Å². The molecule has 1 unspecified atom stereocenters. The largest absolute Gasteiger partial charge is 0.377 e. The molecule has 100 valence electrons. The molecule has 1 aromatic heterocycles. The van der Waals surface area contributed by atoms with Gasteiger partial charge in [-0.25, -0.2) is 0 Å². The summed E-state index contributed by atoms with van der Waals surface area (Å²) in [7, 11) is 1.76. The number of hydrogen-bond acceptors (Lipinski definition) is 2. The first-order chi connectivity index (χ1) is 9.10. The molecular weight excluding hydrogens is 304 g/mol. The molecule has 3 nitrogen and oxygen atoms in total. The number of halogens is 1. The Hall–Kier alpha value is -1.55. The van der Waals surface area contributed by atoms with Gasteiger partial charge >= 0.3 is 0 Å². The normalized spacial score (nSPS) is 12.2. The number of nitrogens with one attached hydrogen (secondary N) is 1. The van der Waals surface area contributed by atoms with E-state index in [9.17, 15) is 4.79 Å². The van der Waals surface area contributed by atoms with Gasteiger partial charge in [0.15, 0.2) is 0 Å². The van der Waals surface area contributed by atoms with Crippen LogP contribution in [0.4, 0.5) is 5.69 Å². The van der Waals surface area contributed by atoms with Gasteiger partial charge < -0.3 is 9.88 Å². The lowest BCUT2D eigenvalue weighted by atomic mass is 10.0. The van der Waals surface area contributed by atoms with Crippen LogP contribution >= 0.6 is 15.9 Å². The third-order valence-corrected chi connectivity index (χ3v) is 3.58. The minimum Gasteiger partial charge on any atom is -0.377 e. The summed E-state index contributed by atoms with van der Waals surface area (Å²) >= 11 is 3.49. The van der Waals surface area contributed by atoms with Crippen LogP contribution in [-0.4, -0.2) is 4.57 Å². The van der Waals surface area contributed by atoms with Gasteiger partial charge in [-0.3, -0.25) is 4.79 Å². The van der Waals surface area contributed by atoms with Crippen molar-refractivity contribution < 1.29 is 0 Å². The van der Waals surface area contributed by atoms with Gasteiger partial charge in [0.1, 0.15) is 0 Å². The summed E-state index contributed by atoms with van der Waals surface area (Å²) in [4.78, 5) is 11.4. The Morgan fingerprint density at radius 2 is 2.11 bits per heavy atom. The van der Waals surface area contributed by atoms with Crippen molar-refractivity contribution in [3.63, 3.8) is 0 Å². The molecule has 0 aliphatic heterocycles. The second-order valence-electron chi connectivity index (χ2n) is 4.53. The third-order valence-electron chi connectivity index (χ3n) is 3.09. The van der Waals surface area contributed by atoms with Gasteiger partial charge in [-0.15, -0.1) is 0 Å². The van der Waals surface area contributed by atoms with Gasteiger partial charge in [-0.2, -0.15) is 0 Å². The van der Waals surface area contributed by atoms with Crippen LogP contribution in [0.25, 0.3) is 0 Å². The van der Waals surface area contributed by atoms with Crippen molar-refractivity contribution in [1.82, 2.24) is 4.57 Å². The van der Waals surface area contributed by atoms with Crippen molar-refractivity contribution >= 4 is 21.6 Å². The van der Waals surface area contributed by atoms with E-state index in [4.69, 9.17) is 0 Å². The molecule has 4 heteroatoms. The predicted molar refractivity (Wildman–Crippen MR) is 82.5 cm³/mol. The van der Waals surface area contributed by atoms with E-state index in [0.29, 0.717) is 0 Å². The molecule has 0 bridgehead atoms. The lowest BCUT2D eigenvalue weighted by Crippen LogP contribution is -2.17. The monoisotopic (exact) mass is 320 g/mol. The first-order valence-corrected chi connectivity index (χ1v) is 7.08. The summed E-state index contributed by atoms with van der Waals surface area (Å²) in [6.07, 6.45) is 2.79. The van der Waals surface area contributed by atoms with E-state index < -0.39 is 0 Å². The Morgan fingerprint density at radius 3 is 2.74 bits per heavy atom. The Kier molecular flexibility index (Phi) is 4.43. The first kappa shape index (κ1) is 13.9. The fourth-order valence-electron chi connectivity index (χ4n) is 2.02. The highest BCUT2D eigenvalue weighted by molar-refractivity contribution is 9.10. The number of aromatic nitrogens is 1. The molecule has 0 fully saturated rings. The summed E-state index contributed by atoms with van der Waals surface area (Å²) in [5, 5.41) is 3.46. The first-order valence-electron chi connectivity index (χ1n) is 6.29. The minimum absolute atomic E-state index is 0.000976. The fourth-order valence-corrected chi connectivity index (χ4v) is 2.44. The molecule has 0 radical (unpaired) electrons. The van der Waals surface area contributed by atoms with Crippen LogP contribution in [0.2, 0.25) is 0 Å². The average molecular weight is 321 g/mol. The van der Waals surface area contributed by atoms with Gasteiger partial charge in [0.2, 0.25) is 5.56 Å². The quantitative estimate of drug-likeness (QED) is 0.931. The van der Waals surface area contributed by atoms with E-state index in [2.05, 4.69) is 40.3 Å². The highest BCUT2D eigenvalue weighted by Crippen LogP contribution is 2.24. The smallest absolute Gasteiger partial charge is 0.250 e. The van der Waals surface area contributed by atoms with E-state index in [0.717, 1.165) is 16.6 Å². The second kappa shape index (κ2) is 6.06. The molecular formula is C15H17BrN2O. The van der Waals surface area contributed by atoms with E-state index in [-0.39, 0.29) is 11.6 Å². The molecule has 0 saturated carbocycles. The summed E-state index contributed by atoms with van der Waals surface area (Å²) in [6.45, 7) is 2.14. The SMILES string of the molecule is CCC(Nc1ccc(=O)n(C)c1)c1cccc(Br)c1. The minimum atomic E-state index is 0.000976. The second-order valence-corrected chi connectivity index (χ2v) is 5.44. The number of aryl methyl sites for hydroxylation is 1. The van der Waals surface area contributed by atoms with Crippen LogP contribution in [0.1, 0.15) is 24.9 Å². The van der Waals surface area contributed by atoms with Crippen LogP contribution in [0.15, 0.2) is 51.9 Å². The van der Waals surface area contributed by atoms with Gasteiger partial charge in [-0.05, 0) is 30.2 Å². The zero-order chi connectivity index (χ0) is 13.8. The number of benzene rings is 1. The van der Waals surface area contributed by atoms with E-state index in [1.54, 1.807) is 17.7 Å². The van der Waals surface area contributed by atoms with Gasteiger partial charge in [0.25, 0.3) is 0 Å². The molecule has 0 saturated heterocycles. The maximum Gasteiger partial charge on any atom is 0.250 e. The van der Waals surface area contributed by atoms with Gasteiger partial charge in [-0.1, -0.05) is 35.0 Å². The molecule has 19 heavy (non-hydrogen) atoms. The standard InChI is InChI=1S/C15H17BrN2O/c1-3-14(11-5-4-6-12(16)9-11)17-13-7-8-15(19)18(2)10-13/h4-10,14,17H,3H2,1-2H3. The van der Waals surface area contributed by atoms with Crippen LogP contribution in [-0.2, 0) is 7.05 Å². The number of pyridine rings is 1. The predicted octanol–water partition coefficient (Wildman–Crippen LogP) is 3.71. The van der Waals surface area contributed by atoms with Gasteiger partial charge in [0, 0.05) is 23.8 Å². The summed E-state index contributed by atoms with van der Waals surface area (Å²) in [5.74, 6) is 0. The van der Waals surface area contributed by atoms with Crippen molar-refractivity contribution in [2.24, 2.45) is 7.05 Å². The molecule has 0 amide bonds. The van der Waals surface area contributed by atoms with Crippen molar-refractivity contribution in [2.75, 3.05) is 5.32 Å². The molecule has 1 N–H and O–H groups in total. The van der Waals surface area contributed by atoms with E-state index in [1.807, 2.05) is 24.4 Å². The highest BCUT2D eigenvalue weighted by Gasteiger charge is 2.09. The molecule has 1 atom stereocenters. The molecule has 0 aliphatic rings. The zero-order valence-corrected chi connectivity index (χ0v) is 12.6. The Balaban J connectivity index is 2.23. The topological polar surface area (TPSA) is 34.0 Å².